The summed E-state index contributed by atoms with van der Waals surface area (Å²) >= 11 is 0. The summed E-state index contributed by atoms with van der Waals surface area (Å²) in [6.07, 6.45) is 0. The Bertz CT molecular complexity index is 781. The van der Waals surface area contributed by atoms with Gasteiger partial charge in [-0.25, -0.2) is 4.79 Å². The number of aromatic amines is 1. The predicted octanol–water partition coefficient (Wildman–Crippen LogP) is 2.94. The number of nitrogens with zero attached hydrogens (tertiary/aromatic N) is 1. The monoisotopic (exact) mass is 238 g/mol. The molecule has 0 fully saturated rings. The van der Waals surface area contributed by atoms with Crippen molar-refractivity contribution in [3.63, 3.8) is 0 Å². The molecule has 3 heteroatoms. The highest BCUT2D eigenvalue weighted by Crippen LogP contribution is 2.19. The average molecular weight is 238 g/mol. The molecule has 3 aromatic rings. The summed E-state index contributed by atoms with van der Waals surface area (Å²) in [6, 6.07) is 13.9. The highest BCUT2D eigenvalue weighted by molar-refractivity contribution is 5.77. The minimum Gasteiger partial charge on any atom is -0.305 e. The molecule has 0 bridgehead atoms. The molecule has 90 valence electrons. The molecule has 0 saturated heterocycles. The summed E-state index contributed by atoms with van der Waals surface area (Å²) in [6.45, 7) is 4.05. The number of para-hydroxylation sites is 2. The molecule has 1 heterocycles. The van der Waals surface area contributed by atoms with E-state index in [4.69, 9.17) is 0 Å². The first-order valence-electron chi connectivity index (χ1n) is 5.94. The van der Waals surface area contributed by atoms with Crippen molar-refractivity contribution in [2.45, 2.75) is 13.8 Å². The predicted molar refractivity (Wildman–Crippen MR) is 73.4 cm³/mol. The lowest BCUT2D eigenvalue weighted by atomic mass is 10.1. The summed E-state index contributed by atoms with van der Waals surface area (Å²) < 4.78 is 1.73. The van der Waals surface area contributed by atoms with Crippen LogP contribution in [0.2, 0.25) is 0 Å². The van der Waals surface area contributed by atoms with Crippen molar-refractivity contribution >= 4 is 11.0 Å². The number of H-pyrrole nitrogens is 1. The Morgan fingerprint density at radius 3 is 2.67 bits per heavy atom. The van der Waals surface area contributed by atoms with Crippen molar-refractivity contribution in [2.24, 2.45) is 0 Å². The SMILES string of the molecule is Cc1ccc(C)c(-n2c(=O)[nH]c3ccccc32)c1. The van der Waals surface area contributed by atoms with Gasteiger partial charge in [0.25, 0.3) is 0 Å². The van der Waals surface area contributed by atoms with Crippen molar-refractivity contribution in [3.05, 3.63) is 64.1 Å². The van der Waals surface area contributed by atoms with Crippen LogP contribution >= 0.6 is 0 Å². The Morgan fingerprint density at radius 2 is 1.83 bits per heavy atom. The Kier molecular flexibility index (Phi) is 2.33. The van der Waals surface area contributed by atoms with Gasteiger partial charge in [-0.3, -0.25) is 4.57 Å². The summed E-state index contributed by atoms with van der Waals surface area (Å²) in [5.74, 6) is 0. The van der Waals surface area contributed by atoms with Gasteiger partial charge in [0.05, 0.1) is 16.7 Å². The number of aromatic nitrogens is 2. The molecular formula is C15H14N2O. The van der Waals surface area contributed by atoms with Crippen LogP contribution in [0.15, 0.2) is 47.3 Å². The maximum Gasteiger partial charge on any atom is 0.331 e. The molecule has 3 nitrogen and oxygen atoms in total. The van der Waals surface area contributed by atoms with Gasteiger partial charge < -0.3 is 4.98 Å². The number of hydrogen-bond acceptors (Lipinski definition) is 1. The number of imidazole rings is 1. The molecule has 0 amide bonds. The first kappa shape index (κ1) is 10.8. The van der Waals surface area contributed by atoms with Crippen LogP contribution in [0.1, 0.15) is 11.1 Å². The molecule has 2 aromatic carbocycles. The third-order valence-electron chi connectivity index (χ3n) is 3.20. The van der Waals surface area contributed by atoms with E-state index in [0.29, 0.717) is 0 Å². The molecule has 0 aliphatic heterocycles. The van der Waals surface area contributed by atoms with Gasteiger partial charge in [-0.2, -0.15) is 0 Å². The lowest BCUT2D eigenvalue weighted by Gasteiger charge is -2.08. The molecule has 1 aromatic heterocycles. The van der Waals surface area contributed by atoms with Gasteiger partial charge >= 0.3 is 5.69 Å². The molecule has 1 N–H and O–H groups in total. The fourth-order valence-corrected chi connectivity index (χ4v) is 2.25. The van der Waals surface area contributed by atoms with E-state index < -0.39 is 0 Å². The van der Waals surface area contributed by atoms with Crippen LogP contribution < -0.4 is 5.69 Å². The van der Waals surface area contributed by atoms with Crippen molar-refractivity contribution < 1.29 is 0 Å². The Morgan fingerprint density at radius 1 is 1.06 bits per heavy atom. The Balaban J connectivity index is 2.41. The van der Waals surface area contributed by atoms with E-state index in [2.05, 4.69) is 11.1 Å². The van der Waals surface area contributed by atoms with Crippen LogP contribution in [0, 0.1) is 13.8 Å². The minimum atomic E-state index is -0.0927. The number of benzene rings is 2. The van der Waals surface area contributed by atoms with Crippen molar-refractivity contribution in [2.75, 3.05) is 0 Å². The zero-order valence-corrected chi connectivity index (χ0v) is 10.4. The summed E-state index contributed by atoms with van der Waals surface area (Å²) in [5, 5.41) is 0. The topological polar surface area (TPSA) is 37.8 Å². The van der Waals surface area contributed by atoms with Gasteiger partial charge in [-0.15, -0.1) is 0 Å². The highest BCUT2D eigenvalue weighted by Gasteiger charge is 2.09. The molecule has 3 rings (SSSR count). The molecule has 0 atom stereocenters. The number of hydrogen-bond donors (Lipinski definition) is 1. The standard InChI is InChI=1S/C15H14N2O/c1-10-7-8-11(2)14(9-10)17-13-6-4-3-5-12(13)16-15(17)18/h3-9H,1-2H3,(H,16,18). The van der Waals surface area contributed by atoms with Crippen molar-refractivity contribution in [3.8, 4) is 5.69 Å². The normalized spacial score (nSPS) is 11.0. The van der Waals surface area contributed by atoms with Crippen molar-refractivity contribution in [1.82, 2.24) is 9.55 Å². The van der Waals surface area contributed by atoms with E-state index in [1.807, 2.05) is 50.2 Å². The number of nitrogens with one attached hydrogen (secondary N) is 1. The van der Waals surface area contributed by atoms with Gasteiger partial charge in [0.15, 0.2) is 0 Å². The lowest BCUT2D eigenvalue weighted by molar-refractivity contribution is 1.00. The second-order valence-electron chi connectivity index (χ2n) is 4.57. The Hall–Kier alpha value is -2.29. The molecule has 0 unspecified atom stereocenters. The highest BCUT2D eigenvalue weighted by atomic mass is 16.1. The maximum absolute atomic E-state index is 12.1. The smallest absolute Gasteiger partial charge is 0.305 e. The van der Waals surface area contributed by atoms with Crippen LogP contribution in [0.3, 0.4) is 0 Å². The van der Waals surface area contributed by atoms with Crippen molar-refractivity contribution in [1.29, 1.82) is 0 Å². The largest absolute Gasteiger partial charge is 0.331 e. The molecule has 0 spiro atoms. The molecule has 18 heavy (non-hydrogen) atoms. The van der Waals surface area contributed by atoms with E-state index in [1.165, 1.54) is 0 Å². The van der Waals surface area contributed by atoms with Gasteiger partial charge in [-0.1, -0.05) is 24.3 Å². The molecule has 0 aliphatic rings. The number of rotatable bonds is 1. The summed E-state index contributed by atoms with van der Waals surface area (Å²) in [5.41, 5.74) is 4.86. The van der Waals surface area contributed by atoms with E-state index >= 15 is 0 Å². The number of fused-ring (bicyclic) bond motifs is 1. The quantitative estimate of drug-likeness (QED) is 0.695. The Labute approximate surface area is 105 Å². The third kappa shape index (κ3) is 1.56. The molecular weight excluding hydrogens is 224 g/mol. The van der Waals surface area contributed by atoms with Crippen LogP contribution in [0.4, 0.5) is 0 Å². The number of aryl methyl sites for hydroxylation is 2. The van der Waals surface area contributed by atoms with Gasteiger partial charge in [0.2, 0.25) is 0 Å². The van der Waals surface area contributed by atoms with E-state index in [9.17, 15) is 4.79 Å². The average Bonchev–Trinajstić information content (AvgIpc) is 2.68. The summed E-state index contributed by atoms with van der Waals surface area (Å²) in [4.78, 5) is 15.0. The van der Waals surface area contributed by atoms with Crippen LogP contribution in [-0.2, 0) is 0 Å². The fraction of sp³-hybridized carbons (Fsp3) is 0.133. The van der Waals surface area contributed by atoms with Crippen LogP contribution in [-0.4, -0.2) is 9.55 Å². The zero-order valence-electron chi connectivity index (χ0n) is 10.4. The fourth-order valence-electron chi connectivity index (χ4n) is 2.25. The first-order chi connectivity index (χ1) is 8.66. The van der Waals surface area contributed by atoms with Crippen LogP contribution in [0.25, 0.3) is 16.7 Å². The van der Waals surface area contributed by atoms with E-state index in [-0.39, 0.29) is 5.69 Å². The third-order valence-corrected chi connectivity index (χ3v) is 3.20. The second kappa shape index (κ2) is 3.88. The van der Waals surface area contributed by atoms with Gasteiger partial charge in [-0.05, 0) is 43.2 Å². The lowest BCUT2D eigenvalue weighted by Crippen LogP contribution is -2.15. The van der Waals surface area contributed by atoms with Crippen LogP contribution in [0.5, 0.6) is 0 Å². The van der Waals surface area contributed by atoms with Gasteiger partial charge in [0.1, 0.15) is 0 Å². The first-order valence-corrected chi connectivity index (χ1v) is 5.94. The zero-order chi connectivity index (χ0) is 12.7. The minimum absolute atomic E-state index is 0.0927. The molecule has 0 saturated carbocycles. The molecule has 0 aliphatic carbocycles. The van der Waals surface area contributed by atoms with E-state index in [0.717, 1.165) is 27.8 Å². The second-order valence-corrected chi connectivity index (χ2v) is 4.57. The maximum atomic E-state index is 12.1. The van der Waals surface area contributed by atoms with E-state index in [1.54, 1.807) is 4.57 Å². The van der Waals surface area contributed by atoms with Gasteiger partial charge in [0, 0.05) is 0 Å². The summed E-state index contributed by atoms with van der Waals surface area (Å²) in [7, 11) is 0. The molecule has 0 radical (unpaired) electrons.